The van der Waals surface area contributed by atoms with Gasteiger partial charge in [-0.15, -0.1) is 0 Å². The van der Waals surface area contributed by atoms with E-state index >= 15 is 0 Å². The van der Waals surface area contributed by atoms with Crippen LogP contribution in [0.2, 0.25) is 0 Å². The van der Waals surface area contributed by atoms with E-state index in [0.717, 1.165) is 43.9 Å². The molecule has 0 bridgehead atoms. The molecule has 1 saturated heterocycles. The molecule has 3 nitrogen and oxygen atoms in total. The molecule has 1 aliphatic rings. The largest absolute Gasteiger partial charge is 0.337 e. The first-order chi connectivity index (χ1) is 11.7. The molecular weight excluding hydrogens is 296 g/mol. The molecule has 1 amide bonds. The Labute approximate surface area is 144 Å². The minimum Gasteiger partial charge on any atom is -0.337 e. The van der Waals surface area contributed by atoms with Gasteiger partial charge < -0.3 is 4.90 Å². The zero-order valence-electron chi connectivity index (χ0n) is 14.2. The van der Waals surface area contributed by atoms with Gasteiger partial charge in [-0.3, -0.25) is 9.69 Å². The van der Waals surface area contributed by atoms with E-state index in [1.54, 1.807) is 6.08 Å². The monoisotopic (exact) mass is 320 g/mol. The number of carbonyl (C=O) groups is 1. The number of allylic oxidation sites excluding steroid dienone is 1. The van der Waals surface area contributed by atoms with Crippen molar-refractivity contribution in [2.45, 2.75) is 13.5 Å². The Morgan fingerprint density at radius 2 is 1.50 bits per heavy atom. The molecule has 2 aromatic rings. The summed E-state index contributed by atoms with van der Waals surface area (Å²) in [5, 5.41) is 0. The lowest BCUT2D eigenvalue weighted by Crippen LogP contribution is -2.47. The summed E-state index contributed by atoms with van der Waals surface area (Å²) in [7, 11) is 0. The van der Waals surface area contributed by atoms with Crippen LogP contribution in [0.25, 0.3) is 5.57 Å². The number of benzene rings is 2. The van der Waals surface area contributed by atoms with Crippen LogP contribution in [0.15, 0.2) is 66.7 Å². The molecule has 0 spiro atoms. The highest BCUT2D eigenvalue weighted by Gasteiger charge is 2.20. The lowest BCUT2D eigenvalue weighted by molar-refractivity contribution is -0.127. The Balaban J connectivity index is 1.53. The van der Waals surface area contributed by atoms with Crippen molar-refractivity contribution >= 4 is 11.5 Å². The van der Waals surface area contributed by atoms with Crippen molar-refractivity contribution in [2.75, 3.05) is 26.2 Å². The van der Waals surface area contributed by atoms with Crippen molar-refractivity contribution in [3.8, 4) is 0 Å². The maximum atomic E-state index is 12.5. The average molecular weight is 320 g/mol. The van der Waals surface area contributed by atoms with Gasteiger partial charge in [0.15, 0.2) is 0 Å². The average Bonchev–Trinajstić information content (AvgIpc) is 2.64. The van der Waals surface area contributed by atoms with Crippen molar-refractivity contribution in [1.29, 1.82) is 0 Å². The van der Waals surface area contributed by atoms with Crippen LogP contribution in [0.4, 0.5) is 0 Å². The van der Waals surface area contributed by atoms with Gasteiger partial charge in [-0.1, -0.05) is 60.7 Å². The first-order valence-corrected chi connectivity index (χ1v) is 8.51. The van der Waals surface area contributed by atoms with Crippen LogP contribution in [0.5, 0.6) is 0 Å². The number of rotatable bonds is 4. The van der Waals surface area contributed by atoms with E-state index in [-0.39, 0.29) is 5.91 Å². The summed E-state index contributed by atoms with van der Waals surface area (Å²) in [5.74, 6) is 0.121. The van der Waals surface area contributed by atoms with Crippen LogP contribution < -0.4 is 0 Å². The van der Waals surface area contributed by atoms with Gasteiger partial charge in [0.2, 0.25) is 5.91 Å². The molecule has 0 aliphatic carbocycles. The highest BCUT2D eigenvalue weighted by Crippen LogP contribution is 2.14. The van der Waals surface area contributed by atoms with Gasteiger partial charge in [0.1, 0.15) is 0 Å². The first kappa shape index (κ1) is 16.5. The maximum absolute atomic E-state index is 12.5. The number of hydrogen-bond donors (Lipinski definition) is 0. The minimum atomic E-state index is 0.121. The second-order valence-electron chi connectivity index (χ2n) is 6.28. The van der Waals surface area contributed by atoms with E-state index in [2.05, 4.69) is 29.2 Å². The third kappa shape index (κ3) is 4.33. The molecule has 1 heterocycles. The fourth-order valence-corrected chi connectivity index (χ4v) is 3.03. The zero-order chi connectivity index (χ0) is 16.8. The van der Waals surface area contributed by atoms with Crippen molar-refractivity contribution in [3.63, 3.8) is 0 Å². The number of piperazine rings is 1. The third-order valence-corrected chi connectivity index (χ3v) is 4.50. The third-order valence-electron chi connectivity index (χ3n) is 4.50. The van der Waals surface area contributed by atoms with E-state index in [4.69, 9.17) is 0 Å². The normalized spacial score (nSPS) is 16.2. The van der Waals surface area contributed by atoms with Crippen molar-refractivity contribution in [3.05, 3.63) is 77.9 Å². The van der Waals surface area contributed by atoms with Gasteiger partial charge in [0.05, 0.1) is 0 Å². The van der Waals surface area contributed by atoms with Crippen LogP contribution in [0.1, 0.15) is 18.1 Å². The van der Waals surface area contributed by atoms with Crippen molar-refractivity contribution in [1.82, 2.24) is 9.80 Å². The van der Waals surface area contributed by atoms with Crippen LogP contribution in [-0.4, -0.2) is 41.9 Å². The summed E-state index contributed by atoms with van der Waals surface area (Å²) in [5.41, 5.74) is 3.46. The number of amides is 1. The summed E-state index contributed by atoms with van der Waals surface area (Å²) in [6.45, 7) is 6.41. The Hall–Kier alpha value is -2.39. The number of nitrogens with zero attached hydrogens (tertiary/aromatic N) is 2. The molecule has 124 valence electrons. The van der Waals surface area contributed by atoms with E-state index in [1.165, 1.54) is 5.56 Å². The quantitative estimate of drug-likeness (QED) is 0.806. The van der Waals surface area contributed by atoms with E-state index in [0.29, 0.717) is 0 Å². The molecule has 24 heavy (non-hydrogen) atoms. The topological polar surface area (TPSA) is 23.6 Å². The van der Waals surface area contributed by atoms with Gasteiger partial charge in [0, 0.05) is 38.8 Å². The highest BCUT2D eigenvalue weighted by molar-refractivity contribution is 5.94. The molecule has 0 unspecified atom stereocenters. The fourth-order valence-electron chi connectivity index (χ4n) is 3.03. The van der Waals surface area contributed by atoms with Gasteiger partial charge in [-0.05, 0) is 23.6 Å². The predicted molar refractivity (Wildman–Crippen MR) is 98.4 cm³/mol. The van der Waals surface area contributed by atoms with E-state index < -0.39 is 0 Å². The van der Waals surface area contributed by atoms with E-state index in [1.807, 2.05) is 48.2 Å². The molecule has 0 radical (unpaired) electrons. The molecule has 0 atom stereocenters. The second-order valence-corrected chi connectivity index (χ2v) is 6.28. The van der Waals surface area contributed by atoms with Gasteiger partial charge in [-0.25, -0.2) is 0 Å². The van der Waals surface area contributed by atoms with Crippen LogP contribution in [-0.2, 0) is 11.3 Å². The number of hydrogen-bond acceptors (Lipinski definition) is 2. The summed E-state index contributed by atoms with van der Waals surface area (Å²) in [6, 6.07) is 20.6. The molecule has 1 aliphatic heterocycles. The second kappa shape index (κ2) is 7.93. The van der Waals surface area contributed by atoms with Gasteiger partial charge in [-0.2, -0.15) is 0 Å². The summed E-state index contributed by atoms with van der Waals surface area (Å²) in [4.78, 5) is 16.8. The Morgan fingerprint density at radius 1 is 0.917 bits per heavy atom. The van der Waals surface area contributed by atoms with E-state index in [9.17, 15) is 4.79 Å². The van der Waals surface area contributed by atoms with Crippen LogP contribution in [0, 0.1) is 0 Å². The molecule has 3 rings (SSSR count). The first-order valence-electron chi connectivity index (χ1n) is 8.51. The highest BCUT2D eigenvalue weighted by atomic mass is 16.2. The number of carbonyl (C=O) groups excluding carboxylic acids is 1. The predicted octanol–water partition coefficient (Wildman–Crippen LogP) is 3.43. The Morgan fingerprint density at radius 3 is 2.12 bits per heavy atom. The molecule has 2 aromatic carbocycles. The molecular formula is C21H24N2O. The fraction of sp³-hybridized carbons (Fsp3) is 0.286. The van der Waals surface area contributed by atoms with Gasteiger partial charge >= 0.3 is 0 Å². The standard InChI is InChI=1S/C21H24N2O/c1-18(20-10-6-3-7-11-20)16-21(24)23-14-12-22(13-15-23)17-19-8-4-2-5-9-19/h2-11,16H,12-15,17H2,1H3/b18-16+. The van der Waals surface area contributed by atoms with Crippen molar-refractivity contribution in [2.24, 2.45) is 0 Å². The minimum absolute atomic E-state index is 0.121. The molecule has 1 fully saturated rings. The SMILES string of the molecule is C/C(=C\C(=O)N1CCN(Cc2ccccc2)CC1)c1ccccc1. The maximum Gasteiger partial charge on any atom is 0.246 e. The molecule has 0 aromatic heterocycles. The smallest absolute Gasteiger partial charge is 0.246 e. The lowest BCUT2D eigenvalue weighted by atomic mass is 10.1. The molecule has 0 N–H and O–H groups in total. The van der Waals surface area contributed by atoms with Gasteiger partial charge in [0.25, 0.3) is 0 Å². The lowest BCUT2D eigenvalue weighted by Gasteiger charge is -2.34. The molecule has 3 heteroatoms. The summed E-state index contributed by atoms with van der Waals surface area (Å²) >= 11 is 0. The Kier molecular flexibility index (Phi) is 5.44. The zero-order valence-corrected chi connectivity index (χ0v) is 14.2. The Bertz CT molecular complexity index is 686. The molecule has 0 saturated carbocycles. The summed E-state index contributed by atoms with van der Waals surface area (Å²) in [6.07, 6.45) is 1.77. The van der Waals surface area contributed by atoms with Crippen LogP contribution >= 0.6 is 0 Å². The van der Waals surface area contributed by atoms with Crippen molar-refractivity contribution < 1.29 is 4.79 Å². The van der Waals surface area contributed by atoms with Crippen LogP contribution in [0.3, 0.4) is 0 Å². The summed E-state index contributed by atoms with van der Waals surface area (Å²) < 4.78 is 0.